The maximum atomic E-state index is 11.8. The molecule has 0 aromatic heterocycles. The molecule has 8 heteroatoms. The summed E-state index contributed by atoms with van der Waals surface area (Å²) in [6.07, 6.45) is 0.478. The number of ether oxygens (including phenoxy) is 2. The van der Waals surface area contributed by atoms with Crippen molar-refractivity contribution in [2.24, 2.45) is 0 Å². The molecule has 0 aromatic rings. The van der Waals surface area contributed by atoms with Gasteiger partial charge in [-0.2, -0.15) is 0 Å². The van der Waals surface area contributed by atoms with Gasteiger partial charge in [0.25, 0.3) is 0 Å². The summed E-state index contributed by atoms with van der Waals surface area (Å²) in [6.45, 7) is 2.64. The fraction of sp³-hybridized carbons (Fsp3) is 0.909. The van der Waals surface area contributed by atoms with Crippen LogP contribution in [-0.2, 0) is 24.3 Å². The van der Waals surface area contributed by atoms with Crippen molar-refractivity contribution in [3.63, 3.8) is 0 Å². The maximum absolute atomic E-state index is 11.8. The highest BCUT2D eigenvalue weighted by molar-refractivity contribution is 7.89. The van der Waals surface area contributed by atoms with Crippen molar-refractivity contribution >= 4 is 16.0 Å². The van der Waals surface area contributed by atoms with Gasteiger partial charge >= 0.3 is 5.97 Å². The van der Waals surface area contributed by atoms with Crippen LogP contribution < -0.4 is 4.72 Å². The number of aliphatic carboxylic acids is 1. The van der Waals surface area contributed by atoms with E-state index >= 15 is 0 Å². The molecule has 1 aliphatic rings. The third kappa shape index (κ3) is 6.86. The molecule has 1 saturated heterocycles. The molecule has 1 rings (SSSR count). The average molecular weight is 295 g/mol. The Morgan fingerprint density at radius 2 is 2.32 bits per heavy atom. The van der Waals surface area contributed by atoms with Crippen LogP contribution in [0.2, 0.25) is 0 Å². The first-order valence-electron chi connectivity index (χ1n) is 6.35. The first-order valence-corrected chi connectivity index (χ1v) is 8.00. The van der Waals surface area contributed by atoms with Gasteiger partial charge in [-0.05, 0) is 19.8 Å². The van der Waals surface area contributed by atoms with E-state index in [9.17, 15) is 13.2 Å². The van der Waals surface area contributed by atoms with E-state index in [1.54, 1.807) is 6.92 Å². The Balaban J connectivity index is 2.40. The van der Waals surface area contributed by atoms with Gasteiger partial charge in [0.1, 0.15) is 0 Å². The Labute approximate surface area is 113 Å². The van der Waals surface area contributed by atoms with Gasteiger partial charge in [0, 0.05) is 19.8 Å². The van der Waals surface area contributed by atoms with Gasteiger partial charge in [-0.1, -0.05) is 0 Å². The van der Waals surface area contributed by atoms with Crippen molar-refractivity contribution in [3.05, 3.63) is 0 Å². The van der Waals surface area contributed by atoms with E-state index in [2.05, 4.69) is 4.72 Å². The van der Waals surface area contributed by atoms with Crippen LogP contribution in [0, 0.1) is 0 Å². The Bertz CT molecular complexity index is 377. The van der Waals surface area contributed by atoms with Crippen molar-refractivity contribution in [3.8, 4) is 0 Å². The van der Waals surface area contributed by atoms with E-state index in [-0.39, 0.29) is 24.8 Å². The predicted molar refractivity (Wildman–Crippen MR) is 68.4 cm³/mol. The van der Waals surface area contributed by atoms with Crippen molar-refractivity contribution in [1.82, 2.24) is 4.72 Å². The van der Waals surface area contributed by atoms with Crippen molar-refractivity contribution in [2.75, 3.05) is 25.5 Å². The Hall–Kier alpha value is -0.700. The largest absolute Gasteiger partial charge is 0.481 e. The summed E-state index contributed by atoms with van der Waals surface area (Å²) >= 11 is 0. The van der Waals surface area contributed by atoms with Crippen LogP contribution >= 0.6 is 0 Å². The van der Waals surface area contributed by atoms with Crippen molar-refractivity contribution < 1.29 is 27.8 Å². The number of hydrogen-bond donors (Lipinski definition) is 2. The number of rotatable bonds is 9. The minimum Gasteiger partial charge on any atom is -0.481 e. The maximum Gasteiger partial charge on any atom is 0.306 e. The van der Waals surface area contributed by atoms with E-state index in [1.165, 1.54) is 0 Å². The summed E-state index contributed by atoms with van der Waals surface area (Å²) in [4.78, 5) is 10.6. The molecule has 112 valence electrons. The molecule has 2 atom stereocenters. The number of hydrogen-bond acceptors (Lipinski definition) is 5. The van der Waals surface area contributed by atoms with E-state index in [0.29, 0.717) is 13.2 Å². The quantitative estimate of drug-likeness (QED) is 0.619. The van der Waals surface area contributed by atoms with Gasteiger partial charge < -0.3 is 14.6 Å². The molecule has 0 spiro atoms. The molecule has 0 aromatic carbocycles. The average Bonchev–Trinajstić information content (AvgIpc) is 2.77. The molecule has 1 aliphatic heterocycles. The van der Waals surface area contributed by atoms with Gasteiger partial charge in [0.05, 0.1) is 24.4 Å². The predicted octanol–water partition coefficient (Wildman–Crippen LogP) is -0.0354. The van der Waals surface area contributed by atoms with Crippen LogP contribution in [0.5, 0.6) is 0 Å². The Morgan fingerprint density at radius 1 is 1.58 bits per heavy atom. The summed E-state index contributed by atoms with van der Waals surface area (Å²) in [5, 5.41) is 8.69. The van der Waals surface area contributed by atoms with Gasteiger partial charge in [-0.15, -0.1) is 0 Å². The minimum absolute atomic E-state index is 0.0325. The van der Waals surface area contributed by atoms with Gasteiger partial charge in [-0.3, -0.25) is 4.79 Å². The van der Waals surface area contributed by atoms with Gasteiger partial charge in [0.2, 0.25) is 10.0 Å². The molecule has 0 aliphatic carbocycles. The zero-order valence-corrected chi connectivity index (χ0v) is 11.8. The van der Waals surface area contributed by atoms with E-state index in [1.807, 2.05) is 0 Å². The first kappa shape index (κ1) is 16.4. The van der Waals surface area contributed by atoms with Crippen LogP contribution in [0.1, 0.15) is 26.2 Å². The van der Waals surface area contributed by atoms with Gasteiger partial charge in [0.15, 0.2) is 0 Å². The molecule has 0 amide bonds. The summed E-state index contributed by atoms with van der Waals surface area (Å²) in [6, 6.07) is 0. The van der Waals surface area contributed by atoms with Gasteiger partial charge in [-0.25, -0.2) is 13.1 Å². The molecule has 2 unspecified atom stereocenters. The number of carboxylic acid groups (broad SMARTS) is 1. The molecule has 7 nitrogen and oxygen atoms in total. The topological polar surface area (TPSA) is 102 Å². The van der Waals surface area contributed by atoms with E-state index in [0.717, 1.165) is 12.8 Å². The van der Waals surface area contributed by atoms with Crippen LogP contribution in [0.4, 0.5) is 0 Å². The molecule has 0 bridgehead atoms. The number of carbonyl (C=O) groups is 1. The first-order chi connectivity index (χ1) is 8.93. The third-order valence-corrected chi connectivity index (χ3v) is 4.18. The summed E-state index contributed by atoms with van der Waals surface area (Å²) in [5.74, 6) is -1.10. The highest BCUT2D eigenvalue weighted by Crippen LogP contribution is 2.13. The SMILES string of the molecule is CCOC(CNS(=O)(=O)CC1CCCO1)CC(=O)O. The second-order valence-electron chi connectivity index (χ2n) is 4.44. The summed E-state index contributed by atoms with van der Waals surface area (Å²) in [7, 11) is -3.46. The molecule has 19 heavy (non-hydrogen) atoms. The molecular formula is C11H21NO6S. The zero-order valence-electron chi connectivity index (χ0n) is 11.0. The van der Waals surface area contributed by atoms with Crippen molar-refractivity contribution in [2.45, 2.75) is 38.4 Å². The van der Waals surface area contributed by atoms with E-state index < -0.39 is 22.1 Å². The standard InChI is InChI=1S/C11H21NO6S/c1-2-17-10(6-11(13)14)7-12-19(15,16)8-9-4-3-5-18-9/h9-10,12H,2-8H2,1H3,(H,13,14). The van der Waals surface area contributed by atoms with Crippen LogP contribution in [-0.4, -0.2) is 57.2 Å². The number of nitrogens with one attached hydrogen (secondary N) is 1. The summed E-state index contributed by atoms with van der Waals surface area (Å²) in [5.41, 5.74) is 0. The lowest BCUT2D eigenvalue weighted by molar-refractivity contribution is -0.140. The molecule has 1 fully saturated rings. The smallest absolute Gasteiger partial charge is 0.306 e. The Morgan fingerprint density at radius 3 is 2.84 bits per heavy atom. The number of sulfonamides is 1. The lowest BCUT2D eigenvalue weighted by Gasteiger charge is -2.17. The Kier molecular flexibility index (Phi) is 6.70. The molecular weight excluding hydrogens is 274 g/mol. The fourth-order valence-electron chi connectivity index (χ4n) is 1.92. The highest BCUT2D eigenvalue weighted by atomic mass is 32.2. The van der Waals surface area contributed by atoms with Crippen LogP contribution in [0.25, 0.3) is 0 Å². The molecule has 0 saturated carbocycles. The van der Waals surface area contributed by atoms with Crippen molar-refractivity contribution in [1.29, 1.82) is 0 Å². The third-order valence-electron chi connectivity index (χ3n) is 2.76. The molecule has 0 radical (unpaired) electrons. The monoisotopic (exact) mass is 295 g/mol. The van der Waals surface area contributed by atoms with Crippen LogP contribution in [0.15, 0.2) is 0 Å². The fourth-order valence-corrected chi connectivity index (χ4v) is 3.23. The second-order valence-corrected chi connectivity index (χ2v) is 6.29. The highest BCUT2D eigenvalue weighted by Gasteiger charge is 2.24. The minimum atomic E-state index is -3.46. The lowest BCUT2D eigenvalue weighted by atomic mass is 10.2. The molecule has 2 N–H and O–H groups in total. The summed E-state index contributed by atoms with van der Waals surface area (Å²) < 4.78 is 36.4. The molecule has 1 heterocycles. The second kappa shape index (κ2) is 7.78. The lowest BCUT2D eigenvalue weighted by Crippen LogP contribution is -2.38. The van der Waals surface area contributed by atoms with Crippen LogP contribution in [0.3, 0.4) is 0 Å². The normalized spacial score (nSPS) is 21.4. The number of carboxylic acids is 1. The zero-order chi connectivity index (χ0) is 14.3. The van der Waals surface area contributed by atoms with E-state index in [4.69, 9.17) is 14.6 Å².